The Labute approximate surface area is 137 Å². The average molecular weight is 324 g/mol. The lowest BCUT2D eigenvalue weighted by Gasteiger charge is -2.36. The average Bonchev–Trinajstić information content (AvgIpc) is 3.01. The van der Waals surface area contributed by atoms with Crippen molar-refractivity contribution in [2.24, 2.45) is 0 Å². The van der Waals surface area contributed by atoms with Crippen molar-refractivity contribution in [1.82, 2.24) is 14.9 Å². The molecule has 1 fully saturated rings. The number of hydrogen-bond donors (Lipinski definition) is 1. The van der Waals surface area contributed by atoms with Gasteiger partial charge in [0.15, 0.2) is 5.58 Å². The molecular formula is C17H16N4O3. The van der Waals surface area contributed by atoms with E-state index in [0.29, 0.717) is 29.8 Å². The molecule has 1 amide bonds. The minimum Gasteiger partial charge on any atom is -0.408 e. The first-order chi connectivity index (χ1) is 11.7. The number of carbonyl (C=O) groups is 1. The lowest BCUT2D eigenvalue weighted by atomic mass is 10.2. The van der Waals surface area contributed by atoms with Crippen LogP contribution >= 0.6 is 0 Å². The van der Waals surface area contributed by atoms with Gasteiger partial charge in [0.2, 0.25) is 0 Å². The number of anilines is 1. The highest BCUT2D eigenvalue weighted by Crippen LogP contribution is 2.21. The molecule has 3 aromatic rings. The van der Waals surface area contributed by atoms with E-state index in [0.717, 1.165) is 18.8 Å². The molecule has 7 heteroatoms. The Bertz CT molecular complexity index is 924. The zero-order chi connectivity index (χ0) is 16.5. The molecule has 0 saturated carbocycles. The van der Waals surface area contributed by atoms with Crippen molar-refractivity contribution >= 4 is 22.7 Å². The Morgan fingerprint density at radius 1 is 1.08 bits per heavy atom. The molecule has 0 radical (unpaired) electrons. The van der Waals surface area contributed by atoms with Crippen molar-refractivity contribution in [3.63, 3.8) is 0 Å². The predicted molar refractivity (Wildman–Crippen MR) is 89.2 cm³/mol. The molecule has 1 aliphatic heterocycles. The Kier molecular flexibility index (Phi) is 3.53. The molecule has 0 unspecified atom stereocenters. The molecule has 1 aliphatic rings. The summed E-state index contributed by atoms with van der Waals surface area (Å²) in [5.41, 5.74) is 2.91. The fraction of sp³-hybridized carbons (Fsp3) is 0.235. The van der Waals surface area contributed by atoms with Crippen molar-refractivity contribution in [2.45, 2.75) is 0 Å². The molecule has 2 aromatic heterocycles. The van der Waals surface area contributed by atoms with E-state index in [1.165, 1.54) is 0 Å². The summed E-state index contributed by atoms with van der Waals surface area (Å²) < 4.78 is 5.02. The molecule has 3 heterocycles. The van der Waals surface area contributed by atoms with Crippen molar-refractivity contribution in [1.29, 1.82) is 0 Å². The van der Waals surface area contributed by atoms with Gasteiger partial charge in [-0.15, -0.1) is 0 Å². The van der Waals surface area contributed by atoms with Crippen LogP contribution in [0.2, 0.25) is 0 Å². The van der Waals surface area contributed by atoms with Crippen molar-refractivity contribution in [3.05, 3.63) is 58.8 Å². The van der Waals surface area contributed by atoms with Crippen LogP contribution in [0.1, 0.15) is 10.4 Å². The Balaban J connectivity index is 1.47. The van der Waals surface area contributed by atoms with Gasteiger partial charge in [0.25, 0.3) is 5.91 Å². The maximum Gasteiger partial charge on any atom is 0.417 e. The highest BCUT2D eigenvalue weighted by atomic mass is 16.4. The van der Waals surface area contributed by atoms with E-state index in [1.54, 1.807) is 30.6 Å². The van der Waals surface area contributed by atoms with E-state index in [4.69, 9.17) is 4.42 Å². The standard InChI is InChI=1S/C17H16N4O3/c22-16(12-3-5-18-6-4-12)21-9-7-20(8-10-21)13-1-2-15-14(11-13)19-17(23)24-15/h1-6,11H,7-10H2,(H,19,23). The number of benzene rings is 1. The summed E-state index contributed by atoms with van der Waals surface area (Å²) in [4.78, 5) is 34.3. The monoisotopic (exact) mass is 324 g/mol. The number of H-pyrrole nitrogens is 1. The highest BCUT2D eigenvalue weighted by molar-refractivity contribution is 5.94. The molecule has 24 heavy (non-hydrogen) atoms. The summed E-state index contributed by atoms with van der Waals surface area (Å²) in [5, 5.41) is 0. The SMILES string of the molecule is O=C(c1ccncc1)N1CCN(c2ccc3oc(=O)[nH]c3c2)CC1. The second-order valence-electron chi connectivity index (χ2n) is 5.71. The van der Waals surface area contributed by atoms with Crippen LogP contribution in [0.4, 0.5) is 5.69 Å². The summed E-state index contributed by atoms with van der Waals surface area (Å²) in [7, 11) is 0. The van der Waals surface area contributed by atoms with Gasteiger partial charge >= 0.3 is 5.76 Å². The third kappa shape index (κ3) is 2.64. The van der Waals surface area contributed by atoms with Gasteiger partial charge in [0.1, 0.15) is 0 Å². The first-order valence-corrected chi connectivity index (χ1v) is 7.78. The van der Waals surface area contributed by atoms with Crippen molar-refractivity contribution < 1.29 is 9.21 Å². The zero-order valence-corrected chi connectivity index (χ0v) is 12.9. The summed E-state index contributed by atoms with van der Waals surface area (Å²) in [6, 6.07) is 9.09. The molecule has 7 nitrogen and oxygen atoms in total. The summed E-state index contributed by atoms with van der Waals surface area (Å²) in [5.74, 6) is -0.415. The fourth-order valence-corrected chi connectivity index (χ4v) is 2.98. The Hall–Kier alpha value is -3.09. The van der Waals surface area contributed by atoms with Gasteiger partial charge < -0.3 is 14.2 Å². The van der Waals surface area contributed by atoms with Crippen LogP contribution in [0.3, 0.4) is 0 Å². The number of fused-ring (bicyclic) bond motifs is 1. The first-order valence-electron chi connectivity index (χ1n) is 7.78. The highest BCUT2D eigenvalue weighted by Gasteiger charge is 2.22. The van der Waals surface area contributed by atoms with Gasteiger partial charge in [0.05, 0.1) is 5.52 Å². The zero-order valence-electron chi connectivity index (χ0n) is 12.9. The number of carbonyl (C=O) groups excluding carboxylic acids is 1. The molecule has 4 rings (SSSR count). The second-order valence-corrected chi connectivity index (χ2v) is 5.71. The molecular weight excluding hydrogens is 308 g/mol. The second kappa shape index (κ2) is 5.84. The van der Waals surface area contributed by atoms with E-state index in [-0.39, 0.29) is 5.91 Å². The molecule has 0 bridgehead atoms. The summed E-state index contributed by atoms with van der Waals surface area (Å²) in [6.45, 7) is 2.79. The molecule has 1 saturated heterocycles. The molecule has 0 atom stereocenters. The lowest BCUT2D eigenvalue weighted by Crippen LogP contribution is -2.48. The number of nitrogens with zero attached hydrogens (tertiary/aromatic N) is 3. The molecule has 0 spiro atoms. The topological polar surface area (TPSA) is 82.4 Å². The largest absolute Gasteiger partial charge is 0.417 e. The van der Waals surface area contributed by atoms with Crippen LogP contribution in [0, 0.1) is 0 Å². The number of aromatic nitrogens is 2. The van der Waals surface area contributed by atoms with E-state index in [9.17, 15) is 9.59 Å². The normalized spacial score (nSPS) is 15.0. The number of rotatable bonds is 2. The third-order valence-corrected chi connectivity index (χ3v) is 4.26. The number of piperazine rings is 1. The Morgan fingerprint density at radius 2 is 1.83 bits per heavy atom. The number of oxazole rings is 1. The van der Waals surface area contributed by atoms with Crippen molar-refractivity contribution in [2.75, 3.05) is 31.1 Å². The summed E-state index contributed by atoms with van der Waals surface area (Å²) >= 11 is 0. The van der Waals surface area contributed by atoms with Crippen LogP contribution < -0.4 is 10.7 Å². The minimum absolute atomic E-state index is 0.0340. The van der Waals surface area contributed by atoms with E-state index in [2.05, 4.69) is 14.9 Å². The van der Waals surface area contributed by atoms with Crippen LogP contribution in [-0.4, -0.2) is 47.0 Å². The van der Waals surface area contributed by atoms with E-state index >= 15 is 0 Å². The molecule has 1 aromatic carbocycles. The third-order valence-electron chi connectivity index (χ3n) is 4.26. The predicted octanol–water partition coefficient (Wildman–Crippen LogP) is 1.48. The number of nitrogens with one attached hydrogen (secondary N) is 1. The van der Waals surface area contributed by atoms with Gasteiger partial charge in [-0.25, -0.2) is 4.79 Å². The number of amides is 1. The Morgan fingerprint density at radius 3 is 2.58 bits per heavy atom. The summed E-state index contributed by atoms with van der Waals surface area (Å²) in [6.07, 6.45) is 3.26. The smallest absolute Gasteiger partial charge is 0.408 e. The van der Waals surface area contributed by atoms with E-state index in [1.807, 2.05) is 17.0 Å². The maximum atomic E-state index is 12.4. The number of hydrogen-bond acceptors (Lipinski definition) is 5. The minimum atomic E-state index is -0.449. The van der Waals surface area contributed by atoms with Crippen LogP contribution in [0.5, 0.6) is 0 Å². The number of pyridine rings is 1. The van der Waals surface area contributed by atoms with Crippen LogP contribution in [0.15, 0.2) is 51.9 Å². The van der Waals surface area contributed by atoms with Gasteiger partial charge in [-0.05, 0) is 30.3 Å². The molecule has 122 valence electrons. The van der Waals surface area contributed by atoms with Gasteiger partial charge in [-0.1, -0.05) is 0 Å². The first kappa shape index (κ1) is 14.5. The van der Waals surface area contributed by atoms with Crippen LogP contribution in [-0.2, 0) is 0 Å². The van der Waals surface area contributed by atoms with E-state index < -0.39 is 5.76 Å². The maximum absolute atomic E-state index is 12.4. The fourth-order valence-electron chi connectivity index (χ4n) is 2.98. The molecule has 0 aliphatic carbocycles. The van der Waals surface area contributed by atoms with Crippen molar-refractivity contribution in [3.8, 4) is 0 Å². The van der Waals surface area contributed by atoms with Gasteiger partial charge in [-0.2, -0.15) is 0 Å². The lowest BCUT2D eigenvalue weighted by molar-refractivity contribution is 0.0746. The molecule has 1 N–H and O–H groups in total. The van der Waals surface area contributed by atoms with Gasteiger partial charge in [-0.3, -0.25) is 14.8 Å². The number of aromatic amines is 1. The quantitative estimate of drug-likeness (QED) is 0.772. The van der Waals surface area contributed by atoms with Crippen LogP contribution in [0.25, 0.3) is 11.1 Å². The van der Waals surface area contributed by atoms with Gasteiger partial charge in [0, 0.05) is 49.8 Å².